The van der Waals surface area contributed by atoms with Gasteiger partial charge >= 0.3 is 0 Å². The summed E-state index contributed by atoms with van der Waals surface area (Å²) in [5.41, 5.74) is 3.45. The highest BCUT2D eigenvalue weighted by Gasteiger charge is 2.07. The molecule has 0 heterocycles. The summed E-state index contributed by atoms with van der Waals surface area (Å²) in [4.78, 5) is 0. The SMILES string of the molecule is CCc1ccc(NC(=S)N[C@@H](C)c2ccc(Cl)cc2)cc1. The van der Waals surface area contributed by atoms with Crippen LogP contribution in [0.25, 0.3) is 0 Å². The van der Waals surface area contributed by atoms with Crippen molar-refractivity contribution in [3.05, 3.63) is 64.7 Å². The van der Waals surface area contributed by atoms with E-state index in [-0.39, 0.29) is 6.04 Å². The van der Waals surface area contributed by atoms with E-state index >= 15 is 0 Å². The van der Waals surface area contributed by atoms with Gasteiger partial charge in [0, 0.05) is 10.7 Å². The van der Waals surface area contributed by atoms with E-state index in [0.717, 1.165) is 22.7 Å². The molecule has 110 valence electrons. The fourth-order valence-electron chi connectivity index (χ4n) is 2.02. The Bertz CT molecular complexity index is 593. The van der Waals surface area contributed by atoms with E-state index in [2.05, 4.69) is 36.6 Å². The van der Waals surface area contributed by atoms with Crippen LogP contribution in [0.15, 0.2) is 48.5 Å². The summed E-state index contributed by atoms with van der Waals surface area (Å²) in [6.07, 6.45) is 1.04. The Kier molecular flexibility index (Phi) is 5.59. The summed E-state index contributed by atoms with van der Waals surface area (Å²) in [5, 5.41) is 7.82. The first-order valence-corrected chi connectivity index (χ1v) is 7.79. The highest BCUT2D eigenvalue weighted by atomic mass is 35.5. The van der Waals surface area contributed by atoms with Gasteiger partial charge in [0.2, 0.25) is 0 Å². The standard InChI is InChI=1S/C17H19ClN2S/c1-3-13-4-10-16(11-5-13)20-17(21)19-12(2)14-6-8-15(18)9-7-14/h4-12H,3H2,1-2H3,(H2,19,20,21)/t12-/m0/s1. The topological polar surface area (TPSA) is 24.1 Å². The van der Waals surface area contributed by atoms with Gasteiger partial charge in [-0.2, -0.15) is 0 Å². The Labute approximate surface area is 136 Å². The Morgan fingerprint density at radius 2 is 1.71 bits per heavy atom. The third-order valence-corrected chi connectivity index (χ3v) is 3.81. The molecule has 0 aromatic heterocycles. The molecule has 0 saturated carbocycles. The maximum Gasteiger partial charge on any atom is 0.171 e. The second-order valence-corrected chi connectivity index (χ2v) is 5.77. The molecule has 0 bridgehead atoms. The number of anilines is 1. The lowest BCUT2D eigenvalue weighted by atomic mass is 10.1. The van der Waals surface area contributed by atoms with Crippen molar-refractivity contribution < 1.29 is 0 Å². The molecule has 1 atom stereocenters. The van der Waals surface area contributed by atoms with Crippen molar-refractivity contribution in [3.8, 4) is 0 Å². The molecule has 0 spiro atoms. The van der Waals surface area contributed by atoms with Gasteiger partial charge in [-0.3, -0.25) is 0 Å². The average molecular weight is 319 g/mol. The lowest BCUT2D eigenvalue weighted by Gasteiger charge is -2.17. The van der Waals surface area contributed by atoms with Crippen LogP contribution in [0, 0.1) is 0 Å². The van der Waals surface area contributed by atoms with Crippen LogP contribution in [0.2, 0.25) is 5.02 Å². The summed E-state index contributed by atoms with van der Waals surface area (Å²) >= 11 is 11.2. The smallest absolute Gasteiger partial charge is 0.171 e. The first-order valence-electron chi connectivity index (χ1n) is 7.00. The molecule has 0 aliphatic heterocycles. The van der Waals surface area contributed by atoms with Gasteiger partial charge in [-0.15, -0.1) is 0 Å². The average Bonchev–Trinajstić information content (AvgIpc) is 2.48. The molecule has 0 aliphatic rings. The third-order valence-electron chi connectivity index (χ3n) is 3.34. The van der Waals surface area contributed by atoms with Crippen molar-refractivity contribution in [2.24, 2.45) is 0 Å². The van der Waals surface area contributed by atoms with E-state index in [9.17, 15) is 0 Å². The van der Waals surface area contributed by atoms with Gasteiger partial charge in [0.25, 0.3) is 0 Å². The third kappa shape index (κ3) is 4.73. The molecule has 21 heavy (non-hydrogen) atoms. The van der Waals surface area contributed by atoms with Crippen LogP contribution in [0.1, 0.15) is 31.0 Å². The first kappa shape index (κ1) is 15.8. The molecule has 0 aliphatic carbocycles. The van der Waals surface area contributed by atoms with Crippen molar-refractivity contribution in [2.75, 3.05) is 5.32 Å². The molecule has 2 N–H and O–H groups in total. The van der Waals surface area contributed by atoms with Gasteiger partial charge in [0.1, 0.15) is 0 Å². The van der Waals surface area contributed by atoms with Crippen LogP contribution >= 0.6 is 23.8 Å². The number of benzene rings is 2. The van der Waals surface area contributed by atoms with Crippen LogP contribution in [-0.4, -0.2) is 5.11 Å². The number of hydrogen-bond donors (Lipinski definition) is 2. The molecular weight excluding hydrogens is 300 g/mol. The number of nitrogens with one attached hydrogen (secondary N) is 2. The molecule has 2 nitrogen and oxygen atoms in total. The van der Waals surface area contributed by atoms with E-state index in [1.807, 2.05) is 36.4 Å². The van der Waals surface area contributed by atoms with Crippen LogP contribution in [0.4, 0.5) is 5.69 Å². The van der Waals surface area contributed by atoms with Crippen molar-refractivity contribution in [2.45, 2.75) is 26.3 Å². The fraction of sp³-hybridized carbons (Fsp3) is 0.235. The van der Waals surface area contributed by atoms with Crippen molar-refractivity contribution in [1.82, 2.24) is 5.32 Å². The molecule has 2 rings (SSSR count). The van der Waals surface area contributed by atoms with Gasteiger partial charge in [0.15, 0.2) is 5.11 Å². The Morgan fingerprint density at radius 3 is 2.29 bits per heavy atom. The molecule has 0 amide bonds. The maximum atomic E-state index is 5.90. The highest BCUT2D eigenvalue weighted by molar-refractivity contribution is 7.80. The highest BCUT2D eigenvalue weighted by Crippen LogP contribution is 2.16. The van der Waals surface area contributed by atoms with Gasteiger partial charge in [-0.1, -0.05) is 42.8 Å². The molecule has 0 saturated heterocycles. The second kappa shape index (κ2) is 7.43. The van der Waals surface area contributed by atoms with Crippen molar-refractivity contribution in [1.29, 1.82) is 0 Å². The predicted octanol–water partition coefficient (Wildman–Crippen LogP) is 4.95. The van der Waals surface area contributed by atoms with Crippen molar-refractivity contribution in [3.63, 3.8) is 0 Å². The summed E-state index contributed by atoms with van der Waals surface area (Å²) in [6.45, 7) is 4.21. The number of thiocarbonyl (C=S) groups is 1. The molecule has 0 radical (unpaired) electrons. The fourth-order valence-corrected chi connectivity index (χ4v) is 2.44. The zero-order valence-corrected chi connectivity index (χ0v) is 13.8. The summed E-state index contributed by atoms with van der Waals surface area (Å²) in [6, 6.07) is 16.2. The van der Waals surface area contributed by atoms with E-state index in [1.165, 1.54) is 5.56 Å². The van der Waals surface area contributed by atoms with Gasteiger partial charge in [-0.25, -0.2) is 0 Å². The number of aryl methyl sites for hydroxylation is 1. The maximum absolute atomic E-state index is 5.90. The van der Waals surface area contributed by atoms with Gasteiger partial charge < -0.3 is 10.6 Å². The number of halogens is 1. The Balaban J connectivity index is 1.92. The van der Waals surface area contributed by atoms with Crippen molar-refractivity contribution >= 4 is 34.6 Å². The quantitative estimate of drug-likeness (QED) is 0.780. The lowest BCUT2D eigenvalue weighted by molar-refractivity contribution is 0.723. The van der Waals surface area contributed by atoms with Gasteiger partial charge in [-0.05, 0) is 61.0 Å². The van der Waals surface area contributed by atoms with Crippen LogP contribution in [0.3, 0.4) is 0 Å². The Hall–Kier alpha value is -1.58. The molecule has 0 unspecified atom stereocenters. The molecular formula is C17H19ClN2S. The molecule has 2 aromatic carbocycles. The summed E-state index contributed by atoms with van der Waals surface area (Å²) in [5.74, 6) is 0. The monoisotopic (exact) mass is 318 g/mol. The minimum absolute atomic E-state index is 0.122. The summed E-state index contributed by atoms with van der Waals surface area (Å²) < 4.78 is 0. The minimum Gasteiger partial charge on any atom is -0.356 e. The molecule has 4 heteroatoms. The summed E-state index contributed by atoms with van der Waals surface area (Å²) in [7, 11) is 0. The van der Waals surface area contributed by atoms with E-state index < -0.39 is 0 Å². The second-order valence-electron chi connectivity index (χ2n) is 4.92. The van der Waals surface area contributed by atoms with E-state index in [1.54, 1.807) is 0 Å². The predicted molar refractivity (Wildman–Crippen MR) is 95.0 cm³/mol. The minimum atomic E-state index is 0.122. The van der Waals surface area contributed by atoms with Crippen LogP contribution < -0.4 is 10.6 Å². The van der Waals surface area contributed by atoms with Crippen LogP contribution in [-0.2, 0) is 6.42 Å². The largest absolute Gasteiger partial charge is 0.356 e. The number of rotatable bonds is 4. The van der Waals surface area contributed by atoms with Crippen LogP contribution in [0.5, 0.6) is 0 Å². The zero-order valence-electron chi connectivity index (χ0n) is 12.2. The van der Waals surface area contributed by atoms with E-state index in [0.29, 0.717) is 5.11 Å². The lowest BCUT2D eigenvalue weighted by Crippen LogP contribution is -2.30. The normalized spacial score (nSPS) is 11.8. The Morgan fingerprint density at radius 1 is 1.10 bits per heavy atom. The van der Waals surface area contributed by atoms with E-state index in [4.69, 9.17) is 23.8 Å². The molecule has 0 fully saturated rings. The zero-order chi connectivity index (χ0) is 15.2. The first-order chi connectivity index (χ1) is 10.1. The number of hydrogen-bond acceptors (Lipinski definition) is 1. The molecule has 2 aromatic rings. The van der Waals surface area contributed by atoms with Gasteiger partial charge in [0.05, 0.1) is 6.04 Å².